The molecule has 4 nitrogen and oxygen atoms in total. The number of aromatic nitrogens is 1. The lowest BCUT2D eigenvalue weighted by atomic mass is 10.4. The van der Waals surface area contributed by atoms with Gasteiger partial charge >= 0.3 is 0 Å². The first-order valence-corrected chi connectivity index (χ1v) is 6.37. The molecule has 6 heteroatoms. The summed E-state index contributed by atoms with van der Waals surface area (Å²) >= 11 is 4.70. The number of pyridine rings is 1. The van der Waals surface area contributed by atoms with Crippen LogP contribution < -0.4 is 10.1 Å². The maximum atomic E-state index is 11.8. The number of methoxy groups -OCH3 is 1. The van der Waals surface area contributed by atoms with Gasteiger partial charge in [-0.25, -0.2) is 4.98 Å². The summed E-state index contributed by atoms with van der Waals surface area (Å²) in [6.45, 7) is 0. The fourth-order valence-electron chi connectivity index (χ4n) is 1.20. The van der Waals surface area contributed by atoms with E-state index in [0.717, 1.165) is 3.79 Å². The Labute approximate surface area is 111 Å². The summed E-state index contributed by atoms with van der Waals surface area (Å²) in [5, 5.41) is 2.76. The van der Waals surface area contributed by atoms with Gasteiger partial charge in [0.25, 0.3) is 5.91 Å². The normalized spacial score (nSPS) is 10.0. The fraction of sp³-hybridized carbons (Fsp3) is 0.0909. The lowest BCUT2D eigenvalue weighted by Gasteiger charge is -2.03. The van der Waals surface area contributed by atoms with E-state index >= 15 is 0 Å². The highest BCUT2D eigenvalue weighted by atomic mass is 79.9. The molecule has 2 aromatic heterocycles. The zero-order chi connectivity index (χ0) is 12.3. The SMILES string of the molecule is COc1ccc(NC(=O)c2ccc(Br)s2)cn1. The number of anilines is 1. The molecule has 0 aromatic carbocycles. The number of carbonyl (C=O) groups is 1. The number of thiophene rings is 1. The number of nitrogens with zero attached hydrogens (tertiary/aromatic N) is 1. The van der Waals surface area contributed by atoms with E-state index in [2.05, 4.69) is 26.2 Å². The van der Waals surface area contributed by atoms with Crippen LogP contribution in [0, 0.1) is 0 Å². The summed E-state index contributed by atoms with van der Waals surface area (Å²) in [6.07, 6.45) is 1.55. The molecule has 17 heavy (non-hydrogen) atoms. The van der Waals surface area contributed by atoms with Crippen molar-refractivity contribution in [3.8, 4) is 5.88 Å². The molecule has 2 aromatic rings. The number of hydrogen-bond donors (Lipinski definition) is 1. The smallest absolute Gasteiger partial charge is 0.265 e. The van der Waals surface area contributed by atoms with Gasteiger partial charge in [-0.05, 0) is 34.1 Å². The lowest BCUT2D eigenvalue weighted by molar-refractivity contribution is 0.103. The van der Waals surface area contributed by atoms with Crippen LogP contribution in [0.2, 0.25) is 0 Å². The van der Waals surface area contributed by atoms with Crippen LogP contribution in [0.4, 0.5) is 5.69 Å². The maximum absolute atomic E-state index is 11.8. The van der Waals surface area contributed by atoms with E-state index in [-0.39, 0.29) is 5.91 Å². The number of nitrogens with one attached hydrogen (secondary N) is 1. The monoisotopic (exact) mass is 312 g/mol. The largest absolute Gasteiger partial charge is 0.481 e. The van der Waals surface area contributed by atoms with Crippen LogP contribution in [0.1, 0.15) is 9.67 Å². The Kier molecular flexibility index (Phi) is 3.75. The molecule has 1 N–H and O–H groups in total. The summed E-state index contributed by atoms with van der Waals surface area (Å²) in [5.41, 5.74) is 0.639. The van der Waals surface area contributed by atoms with Gasteiger partial charge in [0.1, 0.15) is 0 Å². The predicted octanol–water partition coefficient (Wildman–Crippen LogP) is 3.17. The van der Waals surface area contributed by atoms with Crippen molar-refractivity contribution >= 4 is 38.9 Å². The highest BCUT2D eigenvalue weighted by Crippen LogP contribution is 2.23. The standard InChI is InChI=1S/C11H9BrN2O2S/c1-16-10-5-2-7(6-13-10)14-11(15)8-3-4-9(12)17-8/h2-6H,1H3,(H,14,15). The molecular formula is C11H9BrN2O2S. The second-order valence-corrected chi connectivity index (χ2v) is 5.61. The van der Waals surface area contributed by atoms with Crippen LogP contribution in [0.5, 0.6) is 5.88 Å². The quantitative estimate of drug-likeness (QED) is 0.947. The minimum Gasteiger partial charge on any atom is -0.481 e. The number of amides is 1. The number of halogens is 1. The van der Waals surface area contributed by atoms with Gasteiger partial charge < -0.3 is 10.1 Å². The zero-order valence-electron chi connectivity index (χ0n) is 8.94. The molecule has 2 heterocycles. The van der Waals surface area contributed by atoms with Gasteiger partial charge in [-0.1, -0.05) is 0 Å². The summed E-state index contributed by atoms with van der Waals surface area (Å²) < 4.78 is 5.86. The second-order valence-electron chi connectivity index (χ2n) is 3.15. The van der Waals surface area contributed by atoms with E-state index in [9.17, 15) is 4.79 Å². The first-order chi connectivity index (χ1) is 8.19. The topological polar surface area (TPSA) is 51.2 Å². The molecular weight excluding hydrogens is 304 g/mol. The lowest BCUT2D eigenvalue weighted by Crippen LogP contribution is -2.10. The Hall–Kier alpha value is -1.40. The van der Waals surface area contributed by atoms with Crippen LogP contribution >= 0.6 is 27.3 Å². The van der Waals surface area contributed by atoms with Crippen LogP contribution in [0.3, 0.4) is 0 Å². The third-order valence-corrected chi connectivity index (χ3v) is 3.62. The number of rotatable bonds is 3. The number of hydrogen-bond acceptors (Lipinski definition) is 4. The summed E-state index contributed by atoms with van der Waals surface area (Å²) in [4.78, 5) is 16.5. The fourth-order valence-corrected chi connectivity index (χ4v) is 2.49. The van der Waals surface area contributed by atoms with Crippen LogP contribution in [0.25, 0.3) is 0 Å². The molecule has 0 aliphatic heterocycles. The molecule has 0 saturated heterocycles. The van der Waals surface area contributed by atoms with Crippen molar-refractivity contribution in [2.45, 2.75) is 0 Å². The van der Waals surface area contributed by atoms with Crippen molar-refractivity contribution in [3.63, 3.8) is 0 Å². The Morgan fingerprint density at radius 2 is 2.24 bits per heavy atom. The molecule has 0 bridgehead atoms. The van der Waals surface area contributed by atoms with Crippen molar-refractivity contribution in [3.05, 3.63) is 39.1 Å². The van der Waals surface area contributed by atoms with Gasteiger partial charge in [-0.2, -0.15) is 0 Å². The zero-order valence-corrected chi connectivity index (χ0v) is 11.3. The minimum absolute atomic E-state index is 0.146. The molecule has 0 aliphatic rings. The molecule has 2 rings (SSSR count). The highest BCUT2D eigenvalue weighted by Gasteiger charge is 2.08. The molecule has 0 saturated carbocycles. The summed E-state index contributed by atoms with van der Waals surface area (Å²) in [6, 6.07) is 7.04. The van der Waals surface area contributed by atoms with Crippen LogP contribution in [0.15, 0.2) is 34.2 Å². The van der Waals surface area contributed by atoms with Crippen molar-refractivity contribution in [2.24, 2.45) is 0 Å². The van der Waals surface area contributed by atoms with E-state index in [1.807, 2.05) is 6.07 Å². The van der Waals surface area contributed by atoms with E-state index in [1.165, 1.54) is 11.3 Å². The number of carbonyl (C=O) groups excluding carboxylic acids is 1. The van der Waals surface area contributed by atoms with Crippen molar-refractivity contribution in [1.29, 1.82) is 0 Å². The molecule has 0 aliphatic carbocycles. The molecule has 0 fully saturated rings. The Morgan fingerprint density at radius 3 is 2.76 bits per heavy atom. The first kappa shape index (κ1) is 12.1. The third-order valence-electron chi connectivity index (χ3n) is 2.00. The van der Waals surface area contributed by atoms with Gasteiger partial charge in [0.2, 0.25) is 5.88 Å². The van der Waals surface area contributed by atoms with Crippen molar-refractivity contribution in [2.75, 3.05) is 12.4 Å². The predicted molar refractivity (Wildman–Crippen MR) is 70.8 cm³/mol. The van der Waals surface area contributed by atoms with Gasteiger partial charge in [0.15, 0.2) is 0 Å². The summed E-state index contributed by atoms with van der Waals surface area (Å²) in [7, 11) is 1.55. The van der Waals surface area contributed by atoms with Crippen molar-refractivity contribution in [1.82, 2.24) is 4.98 Å². The van der Waals surface area contributed by atoms with Crippen LogP contribution in [-0.4, -0.2) is 18.0 Å². The Morgan fingerprint density at radius 1 is 1.41 bits per heavy atom. The van der Waals surface area contributed by atoms with Gasteiger partial charge in [0, 0.05) is 6.07 Å². The van der Waals surface area contributed by atoms with E-state index in [1.54, 1.807) is 31.5 Å². The molecule has 0 unspecified atom stereocenters. The average Bonchev–Trinajstić information content (AvgIpc) is 2.77. The Bertz CT molecular complexity index is 525. The molecule has 88 valence electrons. The Balaban J connectivity index is 2.07. The molecule has 0 atom stereocenters. The van der Waals surface area contributed by atoms with E-state index in [4.69, 9.17) is 4.74 Å². The second kappa shape index (κ2) is 5.29. The minimum atomic E-state index is -0.146. The molecule has 1 amide bonds. The first-order valence-electron chi connectivity index (χ1n) is 4.76. The van der Waals surface area contributed by atoms with E-state index in [0.29, 0.717) is 16.4 Å². The van der Waals surface area contributed by atoms with Gasteiger partial charge in [-0.3, -0.25) is 4.79 Å². The molecule has 0 spiro atoms. The summed E-state index contributed by atoms with van der Waals surface area (Å²) in [5.74, 6) is 0.370. The maximum Gasteiger partial charge on any atom is 0.265 e. The number of ether oxygens (including phenoxy) is 1. The average molecular weight is 313 g/mol. The highest BCUT2D eigenvalue weighted by molar-refractivity contribution is 9.11. The van der Waals surface area contributed by atoms with E-state index < -0.39 is 0 Å². The molecule has 0 radical (unpaired) electrons. The van der Waals surface area contributed by atoms with Gasteiger partial charge in [-0.15, -0.1) is 11.3 Å². The third kappa shape index (κ3) is 3.04. The van der Waals surface area contributed by atoms with Gasteiger partial charge in [0.05, 0.1) is 27.7 Å². The van der Waals surface area contributed by atoms with Crippen molar-refractivity contribution < 1.29 is 9.53 Å². The van der Waals surface area contributed by atoms with Crippen LogP contribution in [-0.2, 0) is 0 Å².